The van der Waals surface area contributed by atoms with E-state index in [0.29, 0.717) is 11.8 Å². The van der Waals surface area contributed by atoms with E-state index >= 15 is 0 Å². The van der Waals surface area contributed by atoms with Crippen LogP contribution >= 0.6 is 0 Å². The molecule has 2 unspecified atom stereocenters. The van der Waals surface area contributed by atoms with Gasteiger partial charge in [0, 0.05) is 0 Å². The van der Waals surface area contributed by atoms with Crippen LogP contribution < -0.4 is 0 Å². The van der Waals surface area contributed by atoms with E-state index in [1.54, 1.807) is 22.3 Å². The third-order valence-electron chi connectivity index (χ3n) is 9.79. The molecule has 0 saturated carbocycles. The summed E-state index contributed by atoms with van der Waals surface area (Å²) >= 11 is 1.81. The predicted octanol–water partition coefficient (Wildman–Crippen LogP) is 10.9. The van der Waals surface area contributed by atoms with E-state index in [1.165, 1.54) is 56.6 Å². The summed E-state index contributed by atoms with van der Waals surface area (Å²) in [5, 5.41) is 0. The van der Waals surface area contributed by atoms with Gasteiger partial charge in [-0.3, -0.25) is 0 Å². The van der Waals surface area contributed by atoms with Gasteiger partial charge in [-0.25, -0.2) is 0 Å². The van der Waals surface area contributed by atoms with Crippen LogP contribution in [0.2, 0.25) is 12.1 Å². The molecule has 4 aromatic rings. The van der Waals surface area contributed by atoms with Gasteiger partial charge < -0.3 is 0 Å². The summed E-state index contributed by atoms with van der Waals surface area (Å²) in [5.74, 6) is 0.288. The molecule has 0 spiro atoms. The standard InChI is InChI=1S/C40H43Si.Zr/c1-5-27-15-19-31(20-16-27)33-11-9-13-35-37(33)23-29(7-3)39(35)25-41-26-40-30(8-4)24-38-34(12-10-14-36(38)40)32-21-17-28(6-2)18-22-32;/h9-24,39-41H,5-8,25-26H2,1-4H3;. The Balaban J connectivity index is 1.25. The third-order valence-corrected chi connectivity index (χ3v) is 15.3. The normalized spacial score (nSPS) is 17.9. The molecule has 211 valence electrons. The minimum absolute atomic E-state index is 0.606. The van der Waals surface area contributed by atoms with Crippen LogP contribution in [-0.2, 0) is 36.7 Å². The Kier molecular flexibility index (Phi) is 9.13. The average Bonchev–Trinajstić information content (AvgIpc) is 3.58. The molecule has 0 nitrogen and oxygen atoms in total. The number of hydrogen-bond donors (Lipinski definition) is 0. The Labute approximate surface area is 269 Å². The molecule has 4 aromatic carbocycles. The minimum atomic E-state index is -0.924. The van der Waals surface area contributed by atoms with E-state index in [0.717, 1.165) is 25.7 Å². The van der Waals surface area contributed by atoms with Crippen molar-refractivity contribution in [3.05, 3.63) is 129 Å². The van der Waals surface area contributed by atoms with Crippen molar-refractivity contribution in [1.82, 2.24) is 0 Å². The molecule has 0 aromatic heterocycles. The summed E-state index contributed by atoms with van der Waals surface area (Å²) in [4.78, 5) is 0. The Morgan fingerprint density at radius 1 is 0.524 bits per heavy atom. The molecule has 2 aliphatic carbocycles. The molecular formula is C40H43SiZr. The molecule has 2 heteroatoms. The number of aryl methyl sites for hydroxylation is 2. The Morgan fingerprint density at radius 2 is 0.929 bits per heavy atom. The molecule has 2 aliphatic rings. The maximum absolute atomic E-state index is 2.55. The second kappa shape index (κ2) is 13.0. The van der Waals surface area contributed by atoms with Crippen LogP contribution in [0.3, 0.4) is 0 Å². The summed E-state index contributed by atoms with van der Waals surface area (Å²) in [5.41, 5.74) is 17.8. The van der Waals surface area contributed by atoms with Crippen molar-refractivity contribution in [2.24, 2.45) is 0 Å². The average molecular weight is 643 g/mol. The molecule has 0 aliphatic heterocycles. The summed E-state index contributed by atoms with van der Waals surface area (Å²) in [6.07, 6.45) is 9.59. The Morgan fingerprint density at radius 3 is 1.29 bits per heavy atom. The van der Waals surface area contributed by atoms with Crippen molar-refractivity contribution in [1.29, 1.82) is 0 Å². The molecule has 42 heavy (non-hydrogen) atoms. The van der Waals surface area contributed by atoms with Crippen LogP contribution in [0.1, 0.15) is 85.8 Å². The maximum atomic E-state index is 2.55. The second-order valence-corrected chi connectivity index (χ2v) is 20.5. The van der Waals surface area contributed by atoms with Gasteiger partial charge in [-0.1, -0.05) is 0 Å². The van der Waals surface area contributed by atoms with Crippen LogP contribution in [0.25, 0.3) is 34.4 Å². The summed E-state index contributed by atoms with van der Waals surface area (Å²) in [6.45, 7) is 9.19. The third kappa shape index (κ3) is 5.70. The molecule has 0 bridgehead atoms. The molecule has 2 atom stereocenters. The van der Waals surface area contributed by atoms with Gasteiger partial charge >= 0.3 is 271 Å². The summed E-state index contributed by atoms with van der Waals surface area (Å²) in [7, 11) is 0. The van der Waals surface area contributed by atoms with Gasteiger partial charge in [0.2, 0.25) is 0 Å². The monoisotopic (exact) mass is 641 g/mol. The van der Waals surface area contributed by atoms with Crippen LogP contribution in [-0.4, -0.2) is 5.92 Å². The van der Waals surface area contributed by atoms with E-state index < -0.39 is 5.92 Å². The van der Waals surface area contributed by atoms with Gasteiger partial charge in [0.15, 0.2) is 0 Å². The van der Waals surface area contributed by atoms with Crippen molar-refractivity contribution < 1.29 is 23.9 Å². The molecular weight excluding hydrogens is 600 g/mol. The first-order valence-corrected chi connectivity index (χ1v) is 22.6. The van der Waals surface area contributed by atoms with Crippen molar-refractivity contribution >= 4 is 18.1 Å². The first kappa shape index (κ1) is 29.5. The van der Waals surface area contributed by atoms with Crippen LogP contribution in [0.5, 0.6) is 0 Å². The fourth-order valence-electron chi connectivity index (χ4n) is 7.33. The van der Waals surface area contributed by atoms with Gasteiger partial charge in [0.05, 0.1) is 0 Å². The Hall–Kier alpha value is -2.54. The number of benzene rings is 4. The fraction of sp³-hybridized carbons (Fsp3) is 0.300. The molecule has 0 fully saturated rings. The fourth-order valence-corrected chi connectivity index (χ4v) is 13.2. The van der Waals surface area contributed by atoms with E-state index in [1.807, 2.05) is 23.9 Å². The molecule has 6 rings (SSSR count). The zero-order valence-corrected chi connectivity index (χ0v) is 29.3. The SMILES string of the molecule is CCC1=Cc2c(-c3ccc(CC)cc3)cccc2C1C[SiH]([Zr])CC1C(CC)=Cc2c(-c3ccc(CC)cc3)cccc21. The quantitative estimate of drug-likeness (QED) is 0.151. The van der Waals surface area contributed by atoms with Crippen LogP contribution in [0, 0.1) is 0 Å². The molecule has 0 amide bonds. The first-order valence-electron chi connectivity index (χ1n) is 16.1. The zero-order valence-electron chi connectivity index (χ0n) is 25.7. The topological polar surface area (TPSA) is 0 Å². The first-order chi connectivity index (χ1) is 20.5. The van der Waals surface area contributed by atoms with Gasteiger partial charge in [0.1, 0.15) is 0 Å². The van der Waals surface area contributed by atoms with E-state index in [4.69, 9.17) is 0 Å². The molecule has 0 N–H and O–H groups in total. The summed E-state index contributed by atoms with van der Waals surface area (Å²) < 4.78 is 0. The summed E-state index contributed by atoms with van der Waals surface area (Å²) in [6, 6.07) is 35.4. The van der Waals surface area contributed by atoms with Crippen molar-refractivity contribution in [2.75, 3.05) is 0 Å². The van der Waals surface area contributed by atoms with Crippen molar-refractivity contribution in [3.8, 4) is 22.3 Å². The van der Waals surface area contributed by atoms with Crippen LogP contribution in [0.4, 0.5) is 0 Å². The predicted molar refractivity (Wildman–Crippen MR) is 181 cm³/mol. The van der Waals surface area contributed by atoms with Gasteiger partial charge in [-0.2, -0.15) is 0 Å². The molecule has 0 radical (unpaired) electrons. The number of rotatable bonds is 10. The van der Waals surface area contributed by atoms with Gasteiger partial charge in [0.25, 0.3) is 0 Å². The zero-order chi connectivity index (χ0) is 29.2. The number of allylic oxidation sites excluding steroid dienone is 2. The van der Waals surface area contributed by atoms with Crippen LogP contribution in [0.15, 0.2) is 96.1 Å². The van der Waals surface area contributed by atoms with E-state index in [2.05, 4.69) is 125 Å². The Bertz CT molecular complexity index is 1500. The van der Waals surface area contributed by atoms with Gasteiger partial charge in [-0.15, -0.1) is 0 Å². The van der Waals surface area contributed by atoms with Crippen molar-refractivity contribution in [2.45, 2.75) is 77.3 Å². The van der Waals surface area contributed by atoms with E-state index in [9.17, 15) is 0 Å². The van der Waals surface area contributed by atoms with Gasteiger partial charge in [-0.05, 0) is 0 Å². The second-order valence-electron chi connectivity index (χ2n) is 12.1. The molecule has 0 heterocycles. The van der Waals surface area contributed by atoms with E-state index in [-0.39, 0.29) is 0 Å². The molecule has 0 saturated heterocycles. The number of hydrogen-bond acceptors (Lipinski definition) is 0. The van der Waals surface area contributed by atoms with Crippen molar-refractivity contribution in [3.63, 3.8) is 0 Å². The number of fused-ring (bicyclic) bond motifs is 2.